The van der Waals surface area contributed by atoms with Gasteiger partial charge >= 0.3 is 0 Å². The predicted molar refractivity (Wildman–Crippen MR) is 67.3 cm³/mol. The topological polar surface area (TPSA) is 29.3 Å². The molecule has 0 aliphatic carbocycles. The van der Waals surface area contributed by atoms with Gasteiger partial charge in [0.05, 0.1) is 6.17 Å². The van der Waals surface area contributed by atoms with Crippen LogP contribution in [0.5, 0.6) is 0 Å². The zero-order chi connectivity index (χ0) is 11.5. The first-order valence-corrected chi connectivity index (χ1v) is 5.81. The normalized spacial score (nSPS) is 11.4. The molecule has 0 aromatic rings. The van der Waals surface area contributed by atoms with Gasteiger partial charge in [-0.2, -0.15) is 0 Å². The summed E-state index contributed by atoms with van der Waals surface area (Å²) in [4.78, 5) is 2.08. The van der Waals surface area contributed by atoms with E-state index in [9.17, 15) is 0 Å². The number of hydrogen-bond donors (Lipinski definition) is 1. The van der Waals surface area contributed by atoms with Crippen LogP contribution in [-0.4, -0.2) is 17.6 Å². The van der Waals surface area contributed by atoms with E-state index in [-0.39, 0.29) is 6.17 Å². The van der Waals surface area contributed by atoms with Crippen molar-refractivity contribution in [1.29, 1.82) is 0 Å². The summed E-state index contributed by atoms with van der Waals surface area (Å²) in [6.07, 6.45) is 10.2. The zero-order valence-electron chi connectivity index (χ0n) is 10.1. The highest BCUT2D eigenvalue weighted by Crippen LogP contribution is 2.02. The molecule has 0 spiro atoms. The number of nitrogens with zero attached hydrogens (tertiary/aromatic N) is 1. The fraction of sp³-hybridized carbons (Fsp3) is 0.615. The molecule has 0 aliphatic rings. The van der Waals surface area contributed by atoms with Crippen molar-refractivity contribution in [3.05, 3.63) is 30.7 Å². The van der Waals surface area contributed by atoms with E-state index < -0.39 is 0 Å². The summed E-state index contributed by atoms with van der Waals surface area (Å²) in [6.45, 7) is 8.98. The maximum absolute atomic E-state index is 5.90. The van der Waals surface area contributed by atoms with Crippen molar-refractivity contribution in [2.45, 2.75) is 45.7 Å². The Morgan fingerprint density at radius 1 is 1.40 bits per heavy atom. The Bertz CT molecular complexity index is 215. The molecule has 1 atom stereocenters. The second-order valence-electron chi connectivity index (χ2n) is 3.58. The van der Waals surface area contributed by atoms with Crippen LogP contribution < -0.4 is 5.73 Å². The third-order valence-corrected chi connectivity index (χ3v) is 2.21. The molecule has 0 heterocycles. The lowest BCUT2D eigenvalue weighted by atomic mass is 10.2. The van der Waals surface area contributed by atoms with Crippen molar-refractivity contribution >= 4 is 0 Å². The van der Waals surface area contributed by atoms with Gasteiger partial charge in [0.15, 0.2) is 0 Å². The van der Waals surface area contributed by atoms with Crippen molar-refractivity contribution in [3.8, 4) is 0 Å². The van der Waals surface area contributed by atoms with E-state index in [1.807, 2.05) is 12.3 Å². The Balaban J connectivity index is 4.18. The average molecular weight is 208 g/mol. The van der Waals surface area contributed by atoms with E-state index in [1.165, 1.54) is 19.3 Å². The van der Waals surface area contributed by atoms with Crippen LogP contribution in [0.25, 0.3) is 0 Å². The molecule has 2 heteroatoms. The third-order valence-electron chi connectivity index (χ3n) is 2.21. The van der Waals surface area contributed by atoms with E-state index in [1.54, 1.807) is 6.08 Å². The first kappa shape index (κ1) is 14.0. The van der Waals surface area contributed by atoms with Crippen LogP contribution in [0, 0.1) is 0 Å². The van der Waals surface area contributed by atoms with Gasteiger partial charge in [0, 0.05) is 12.7 Å². The molecule has 0 aromatic carbocycles. The van der Waals surface area contributed by atoms with Gasteiger partial charge in [0.1, 0.15) is 0 Å². The molecule has 0 bridgehead atoms. The Kier molecular flexibility index (Phi) is 8.95. The molecule has 1 unspecified atom stereocenters. The second kappa shape index (κ2) is 9.57. The van der Waals surface area contributed by atoms with E-state index >= 15 is 0 Å². The van der Waals surface area contributed by atoms with Gasteiger partial charge in [-0.25, -0.2) is 0 Å². The second-order valence-corrected chi connectivity index (χ2v) is 3.58. The van der Waals surface area contributed by atoms with Crippen molar-refractivity contribution in [2.24, 2.45) is 5.73 Å². The molecule has 0 radical (unpaired) electrons. The maximum atomic E-state index is 5.90. The number of nitrogens with two attached hydrogens (primary N) is 1. The molecular formula is C13H24N2. The average Bonchev–Trinajstić information content (AvgIpc) is 2.26. The number of allylic oxidation sites excluding steroid dienone is 1. The highest BCUT2D eigenvalue weighted by molar-refractivity contribution is 4.92. The molecule has 0 amide bonds. The highest BCUT2D eigenvalue weighted by atomic mass is 15.2. The Labute approximate surface area is 94.1 Å². The zero-order valence-corrected chi connectivity index (χ0v) is 10.1. The van der Waals surface area contributed by atoms with Gasteiger partial charge in [0.2, 0.25) is 0 Å². The van der Waals surface area contributed by atoms with Gasteiger partial charge in [-0.15, -0.1) is 5.73 Å². The lowest BCUT2D eigenvalue weighted by molar-refractivity contribution is 0.317. The Morgan fingerprint density at radius 3 is 2.67 bits per heavy atom. The smallest absolute Gasteiger partial charge is 0.0959 e. The SMILES string of the molecule is C=CC(N)N(C=C=CCC)CCCCC. The van der Waals surface area contributed by atoms with Crippen LogP contribution in [0.3, 0.4) is 0 Å². The van der Waals surface area contributed by atoms with E-state index in [0.717, 1.165) is 13.0 Å². The van der Waals surface area contributed by atoms with Crippen LogP contribution in [0.4, 0.5) is 0 Å². The molecule has 86 valence electrons. The summed E-state index contributed by atoms with van der Waals surface area (Å²) in [5.41, 5.74) is 9.03. The van der Waals surface area contributed by atoms with E-state index in [0.29, 0.717) is 0 Å². The number of hydrogen-bond acceptors (Lipinski definition) is 2. The largest absolute Gasteiger partial charge is 0.352 e. The van der Waals surface area contributed by atoms with Crippen molar-refractivity contribution < 1.29 is 0 Å². The molecule has 15 heavy (non-hydrogen) atoms. The molecule has 0 aliphatic heterocycles. The monoisotopic (exact) mass is 208 g/mol. The summed E-state index contributed by atoms with van der Waals surface area (Å²) in [6, 6.07) is 0. The van der Waals surface area contributed by atoms with Crippen LogP contribution in [-0.2, 0) is 0 Å². The summed E-state index contributed by atoms with van der Waals surface area (Å²) in [5.74, 6) is 0. The Morgan fingerprint density at radius 2 is 2.13 bits per heavy atom. The van der Waals surface area contributed by atoms with Crippen molar-refractivity contribution in [1.82, 2.24) is 4.90 Å². The third kappa shape index (κ3) is 7.01. The molecule has 0 fully saturated rings. The van der Waals surface area contributed by atoms with Gasteiger partial charge < -0.3 is 10.6 Å². The van der Waals surface area contributed by atoms with Crippen LogP contribution >= 0.6 is 0 Å². The number of unbranched alkanes of at least 4 members (excludes halogenated alkanes) is 2. The molecule has 0 aromatic heterocycles. The lowest BCUT2D eigenvalue weighted by Gasteiger charge is -2.24. The van der Waals surface area contributed by atoms with Crippen molar-refractivity contribution in [3.63, 3.8) is 0 Å². The summed E-state index contributed by atoms with van der Waals surface area (Å²) in [7, 11) is 0. The molecule has 0 saturated carbocycles. The van der Waals surface area contributed by atoms with Gasteiger partial charge in [-0.3, -0.25) is 0 Å². The standard InChI is InChI=1S/C13H24N2/c1-4-7-9-11-15(13(14)6-3)12-10-8-5-2/h6-7,11,13H,3-5,8,10,12,14H2,1-2H3. The van der Waals surface area contributed by atoms with Crippen LogP contribution in [0.15, 0.2) is 30.7 Å². The minimum absolute atomic E-state index is 0.0976. The summed E-state index contributed by atoms with van der Waals surface area (Å²) >= 11 is 0. The maximum Gasteiger partial charge on any atom is 0.0959 e. The minimum atomic E-state index is -0.0976. The van der Waals surface area contributed by atoms with Crippen LogP contribution in [0.1, 0.15) is 39.5 Å². The fourth-order valence-corrected chi connectivity index (χ4v) is 1.25. The van der Waals surface area contributed by atoms with Crippen LogP contribution in [0.2, 0.25) is 0 Å². The molecule has 0 rings (SSSR count). The molecule has 0 saturated heterocycles. The molecule has 2 N–H and O–H groups in total. The lowest BCUT2D eigenvalue weighted by Crippen LogP contribution is -2.36. The van der Waals surface area contributed by atoms with Gasteiger partial charge in [-0.1, -0.05) is 39.3 Å². The summed E-state index contributed by atoms with van der Waals surface area (Å²) < 4.78 is 0. The summed E-state index contributed by atoms with van der Waals surface area (Å²) in [5, 5.41) is 0. The first-order valence-electron chi connectivity index (χ1n) is 5.81. The van der Waals surface area contributed by atoms with Crippen molar-refractivity contribution in [2.75, 3.05) is 6.54 Å². The highest BCUT2D eigenvalue weighted by Gasteiger charge is 2.04. The molecule has 2 nitrogen and oxygen atoms in total. The quantitative estimate of drug-likeness (QED) is 0.287. The molecular weight excluding hydrogens is 184 g/mol. The first-order chi connectivity index (χ1) is 7.26. The Hall–Kier alpha value is -0.980. The van der Waals surface area contributed by atoms with Gasteiger partial charge in [-0.05, 0) is 18.9 Å². The van der Waals surface area contributed by atoms with E-state index in [4.69, 9.17) is 5.73 Å². The van der Waals surface area contributed by atoms with E-state index in [2.05, 4.69) is 31.1 Å². The minimum Gasteiger partial charge on any atom is -0.352 e. The fourth-order valence-electron chi connectivity index (χ4n) is 1.25. The number of rotatable bonds is 8. The van der Waals surface area contributed by atoms with Gasteiger partial charge in [0.25, 0.3) is 0 Å². The predicted octanol–water partition coefficient (Wildman–Crippen LogP) is 3.03.